The van der Waals surface area contributed by atoms with E-state index in [1.165, 1.54) is 0 Å². The maximum absolute atomic E-state index is 13.4. The minimum atomic E-state index is -2.43. The zero-order valence-electron chi connectivity index (χ0n) is 16.7. The van der Waals surface area contributed by atoms with Crippen molar-refractivity contribution in [2.75, 3.05) is 28.2 Å². The Hall–Kier alpha value is -1.68. The fourth-order valence-electron chi connectivity index (χ4n) is 5.37. The SMILES string of the molecule is O=[SH]12CCCC1c1c(cccc1-c1nc3c(c(NC4(CO)CCC4)n1)[S@+]([O-])CC3)N2. The topological polar surface area (TPSA) is 110 Å². The van der Waals surface area contributed by atoms with Gasteiger partial charge in [-0.25, -0.2) is 9.97 Å². The molecule has 0 spiro atoms. The van der Waals surface area contributed by atoms with Crippen LogP contribution in [0.4, 0.5) is 11.5 Å². The molecule has 3 N–H and O–H groups in total. The van der Waals surface area contributed by atoms with Gasteiger partial charge in [0.25, 0.3) is 0 Å². The first-order chi connectivity index (χ1) is 14.5. The van der Waals surface area contributed by atoms with Crippen molar-refractivity contribution in [3.8, 4) is 11.4 Å². The normalized spacial score (nSPS) is 28.1. The van der Waals surface area contributed by atoms with E-state index in [4.69, 9.17) is 9.97 Å². The molecule has 1 unspecified atom stereocenters. The van der Waals surface area contributed by atoms with Crippen LogP contribution in [-0.4, -0.2) is 47.5 Å². The monoisotopic (exact) mass is 446 g/mol. The highest BCUT2D eigenvalue weighted by atomic mass is 32.3. The summed E-state index contributed by atoms with van der Waals surface area (Å²) >= 11 is -1.12. The Kier molecular flexibility index (Phi) is 4.22. The average molecular weight is 447 g/mol. The summed E-state index contributed by atoms with van der Waals surface area (Å²) in [5.74, 6) is 2.49. The quantitative estimate of drug-likeness (QED) is 0.424. The number of hydrogen-bond donors (Lipinski definition) is 4. The van der Waals surface area contributed by atoms with Gasteiger partial charge in [-0.15, -0.1) is 0 Å². The maximum atomic E-state index is 13.4. The van der Waals surface area contributed by atoms with Crippen LogP contribution in [0.5, 0.6) is 0 Å². The molecule has 160 valence electrons. The highest BCUT2D eigenvalue weighted by molar-refractivity contribution is 8.05. The first-order valence-corrected chi connectivity index (χ1v) is 14.0. The number of rotatable bonds is 4. The molecule has 0 amide bonds. The second-order valence-corrected chi connectivity index (χ2v) is 13.3. The fraction of sp³-hybridized carbons (Fsp3) is 0.524. The van der Waals surface area contributed by atoms with Crippen LogP contribution >= 0.6 is 0 Å². The first kappa shape index (κ1) is 19.0. The molecule has 7 nitrogen and oxygen atoms in total. The van der Waals surface area contributed by atoms with E-state index >= 15 is 0 Å². The number of nitrogens with zero attached hydrogens (tertiary/aromatic N) is 2. The molecule has 4 aliphatic rings. The number of fused-ring (bicyclic) bond motifs is 4. The molecule has 1 aromatic heterocycles. The Morgan fingerprint density at radius 1 is 1.33 bits per heavy atom. The summed E-state index contributed by atoms with van der Waals surface area (Å²) < 4.78 is 29.4. The van der Waals surface area contributed by atoms with E-state index in [1.54, 1.807) is 0 Å². The largest absolute Gasteiger partial charge is 0.611 e. The zero-order chi connectivity index (χ0) is 20.5. The Labute approximate surface area is 179 Å². The lowest BCUT2D eigenvalue weighted by molar-refractivity contribution is 0.143. The van der Waals surface area contributed by atoms with Crippen LogP contribution < -0.4 is 10.0 Å². The predicted octanol–water partition coefficient (Wildman–Crippen LogP) is 2.33. The van der Waals surface area contributed by atoms with Crippen molar-refractivity contribution in [2.45, 2.75) is 54.2 Å². The molecular formula is C21H26N4O3S2. The van der Waals surface area contributed by atoms with Crippen LogP contribution in [0.15, 0.2) is 23.1 Å². The second-order valence-electron chi connectivity index (χ2n) is 8.94. The Bertz CT molecular complexity index is 1080. The van der Waals surface area contributed by atoms with Gasteiger partial charge >= 0.3 is 0 Å². The molecule has 6 rings (SSSR count). The van der Waals surface area contributed by atoms with Gasteiger partial charge < -0.3 is 19.7 Å². The molecule has 0 bridgehead atoms. The van der Waals surface area contributed by atoms with Gasteiger partial charge in [0, 0.05) is 29.0 Å². The molecule has 1 saturated carbocycles. The van der Waals surface area contributed by atoms with E-state index in [1.807, 2.05) is 18.2 Å². The van der Waals surface area contributed by atoms with E-state index in [0.717, 1.165) is 60.4 Å². The maximum Gasteiger partial charge on any atom is 0.216 e. The minimum absolute atomic E-state index is 0.0292. The Morgan fingerprint density at radius 3 is 2.97 bits per heavy atom. The summed E-state index contributed by atoms with van der Waals surface area (Å²) in [6.07, 6.45) is 5.36. The third kappa shape index (κ3) is 2.68. The second kappa shape index (κ2) is 6.66. The molecule has 4 heterocycles. The summed E-state index contributed by atoms with van der Waals surface area (Å²) in [6.45, 7) is 0.0314. The van der Waals surface area contributed by atoms with Crippen molar-refractivity contribution in [2.24, 2.45) is 0 Å². The molecule has 1 aromatic carbocycles. The van der Waals surface area contributed by atoms with Gasteiger partial charge in [0.15, 0.2) is 11.6 Å². The zero-order valence-corrected chi connectivity index (χ0v) is 18.4. The van der Waals surface area contributed by atoms with Gasteiger partial charge in [0.2, 0.25) is 4.90 Å². The molecule has 1 aliphatic carbocycles. The molecule has 2 aromatic rings. The van der Waals surface area contributed by atoms with Gasteiger partial charge in [0.05, 0.1) is 17.4 Å². The highest BCUT2D eigenvalue weighted by Crippen LogP contribution is 2.52. The molecule has 2 fully saturated rings. The van der Waals surface area contributed by atoms with Crippen molar-refractivity contribution >= 4 is 32.8 Å². The molecule has 3 aliphatic heterocycles. The van der Waals surface area contributed by atoms with Gasteiger partial charge in [-0.2, -0.15) is 0 Å². The van der Waals surface area contributed by atoms with Gasteiger partial charge in [-0.1, -0.05) is 12.1 Å². The Balaban J connectivity index is 1.49. The third-order valence-corrected chi connectivity index (χ3v) is 11.7. The van der Waals surface area contributed by atoms with Crippen molar-refractivity contribution in [1.82, 2.24) is 9.97 Å². The number of aliphatic hydroxyl groups excluding tert-OH is 1. The van der Waals surface area contributed by atoms with Gasteiger partial charge in [-0.05, 0) is 59.5 Å². The van der Waals surface area contributed by atoms with E-state index in [9.17, 15) is 13.9 Å². The van der Waals surface area contributed by atoms with Crippen molar-refractivity contribution in [3.63, 3.8) is 0 Å². The molecular weight excluding hydrogens is 420 g/mol. The lowest BCUT2D eigenvalue weighted by Gasteiger charge is -2.41. The number of anilines is 2. The highest BCUT2D eigenvalue weighted by Gasteiger charge is 2.44. The van der Waals surface area contributed by atoms with Crippen molar-refractivity contribution in [3.05, 3.63) is 29.5 Å². The number of aromatic nitrogens is 2. The average Bonchev–Trinajstić information content (AvgIpc) is 3.34. The number of thiol groups is 1. The smallest absolute Gasteiger partial charge is 0.216 e. The molecule has 30 heavy (non-hydrogen) atoms. The Morgan fingerprint density at radius 2 is 2.20 bits per heavy atom. The summed E-state index contributed by atoms with van der Waals surface area (Å²) in [5, 5.41) is 13.4. The number of benzene rings is 1. The predicted molar refractivity (Wildman–Crippen MR) is 120 cm³/mol. The molecule has 9 heteroatoms. The lowest BCUT2D eigenvalue weighted by Crippen LogP contribution is -2.48. The first-order valence-electron chi connectivity index (χ1n) is 10.7. The third-order valence-electron chi connectivity index (χ3n) is 7.15. The molecule has 0 radical (unpaired) electrons. The van der Waals surface area contributed by atoms with E-state index in [-0.39, 0.29) is 17.4 Å². The van der Waals surface area contributed by atoms with Crippen LogP contribution in [0.2, 0.25) is 0 Å². The standard InChI is InChI=1S/C21H26N4O3S2/c26-12-21(8-3-9-21)24-20-18-15(7-10-29(18)27)22-19(23-20)13-4-1-5-14-17(13)16-6-2-11-30(16,28)25-14/h1,4-5,16,26,30H,2-3,6-12H2,(H,25,28)(H,22,23,24)/t16?,29-/m1/s1. The summed E-state index contributed by atoms with van der Waals surface area (Å²) in [5.41, 5.74) is 3.37. The van der Waals surface area contributed by atoms with Gasteiger partial charge in [0.1, 0.15) is 11.4 Å². The van der Waals surface area contributed by atoms with E-state index < -0.39 is 21.3 Å². The number of hydrogen-bond acceptors (Lipinski definition) is 6. The van der Waals surface area contributed by atoms with Crippen LogP contribution in [-0.2, 0) is 27.7 Å². The summed E-state index contributed by atoms with van der Waals surface area (Å²) in [7, 11) is -2.43. The van der Waals surface area contributed by atoms with Crippen LogP contribution in [0, 0.1) is 0 Å². The van der Waals surface area contributed by atoms with Crippen molar-refractivity contribution in [1.29, 1.82) is 0 Å². The van der Waals surface area contributed by atoms with Crippen LogP contribution in [0.3, 0.4) is 0 Å². The number of aryl methyl sites for hydroxylation is 1. The minimum Gasteiger partial charge on any atom is -0.611 e. The van der Waals surface area contributed by atoms with Crippen LogP contribution in [0.1, 0.15) is 48.6 Å². The number of aliphatic hydroxyl groups is 1. The molecule has 2 atom stereocenters. The lowest BCUT2D eigenvalue weighted by atomic mass is 9.77. The van der Waals surface area contributed by atoms with E-state index in [0.29, 0.717) is 28.7 Å². The van der Waals surface area contributed by atoms with Gasteiger partial charge in [-0.3, -0.25) is 4.21 Å². The van der Waals surface area contributed by atoms with Crippen molar-refractivity contribution < 1.29 is 13.9 Å². The fourth-order valence-corrected chi connectivity index (χ4v) is 9.81. The summed E-state index contributed by atoms with van der Waals surface area (Å²) in [6, 6.07) is 5.96. The van der Waals surface area contributed by atoms with Crippen LogP contribution in [0.25, 0.3) is 11.4 Å². The van der Waals surface area contributed by atoms with E-state index in [2.05, 4.69) is 10.0 Å². The molecule has 1 saturated heterocycles. The summed E-state index contributed by atoms with van der Waals surface area (Å²) in [4.78, 5) is 10.4. The number of nitrogens with one attached hydrogen (secondary N) is 2.